The Labute approximate surface area is 267 Å². The second-order valence-corrected chi connectivity index (χ2v) is 13.4. The first-order valence-corrected chi connectivity index (χ1v) is 16.6. The van der Waals surface area contributed by atoms with Crippen molar-refractivity contribution in [2.45, 2.75) is 51.6 Å². The smallest absolute Gasteiger partial charge is 0.416 e. The molecule has 1 saturated heterocycles. The molecule has 0 amide bonds. The number of benzene rings is 3. The predicted octanol–water partition coefficient (Wildman–Crippen LogP) is 5.38. The Morgan fingerprint density at radius 3 is 2.19 bits per heavy atom. The van der Waals surface area contributed by atoms with Crippen molar-refractivity contribution in [2.75, 3.05) is 19.3 Å². The summed E-state index contributed by atoms with van der Waals surface area (Å²) in [6, 6.07) is 15.4. The summed E-state index contributed by atoms with van der Waals surface area (Å²) in [6.07, 6.45) is -3.59. The molecule has 5 rings (SSSR count). The fraction of sp³-hybridized carbons (Fsp3) is 0.333. The third-order valence-electron chi connectivity index (χ3n) is 8.29. The molecule has 4 aromatic rings. The summed E-state index contributed by atoms with van der Waals surface area (Å²) in [4.78, 5) is 27.7. The van der Waals surface area contributed by atoms with Gasteiger partial charge in [-0.2, -0.15) is 13.2 Å². The highest BCUT2D eigenvalue weighted by Crippen LogP contribution is 2.35. The van der Waals surface area contributed by atoms with Crippen molar-refractivity contribution < 1.29 is 35.1 Å². The molecular weight excluding hydrogens is 645 g/mol. The molecule has 0 aliphatic carbocycles. The van der Waals surface area contributed by atoms with Crippen LogP contribution in [0.1, 0.15) is 35.2 Å². The van der Waals surface area contributed by atoms with Gasteiger partial charge in [-0.25, -0.2) is 26.3 Å². The van der Waals surface area contributed by atoms with Gasteiger partial charge in [-0.15, -0.1) is 0 Å². The molecule has 0 saturated carbocycles. The average molecular weight is 678 g/mol. The van der Waals surface area contributed by atoms with Crippen LogP contribution < -0.4 is 16.0 Å². The van der Waals surface area contributed by atoms with Crippen molar-refractivity contribution in [3.05, 3.63) is 122 Å². The van der Waals surface area contributed by atoms with E-state index in [-0.39, 0.29) is 61.5 Å². The van der Waals surface area contributed by atoms with E-state index in [2.05, 4.69) is 0 Å². The summed E-state index contributed by atoms with van der Waals surface area (Å²) in [7, 11) is -3.40. The molecule has 1 aliphatic rings. The van der Waals surface area contributed by atoms with Crippen LogP contribution in [0.5, 0.6) is 5.75 Å². The minimum Gasteiger partial charge on any atom is -0.487 e. The van der Waals surface area contributed by atoms with E-state index in [1.54, 1.807) is 30.3 Å². The number of ether oxygens (including phenoxy) is 1. The number of nitrogens with zero attached hydrogens (tertiary/aromatic N) is 3. The number of halogens is 5. The number of rotatable bonds is 9. The van der Waals surface area contributed by atoms with Gasteiger partial charge in [0.15, 0.2) is 11.6 Å². The second-order valence-electron chi connectivity index (χ2n) is 11.4. The fourth-order valence-electron chi connectivity index (χ4n) is 5.78. The Hall–Kier alpha value is -4.30. The van der Waals surface area contributed by atoms with Crippen molar-refractivity contribution in [3.8, 4) is 16.9 Å². The lowest BCUT2D eigenvalue weighted by Crippen LogP contribution is -2.43. The van der Waals surface area contributed by atoms with E-state index < -0.39 is 62.9 Å². The van der Waals surface area contributed by atoms with Crippen LogP contribution >= 0.6 is 0 Å². The van der Waals surface area contributed by atoms with Crippen molar-refractivity contribution in [3.63, 3.8) is 0 Å². The van der Waals surface area contributed by atoms with E-state index in [1.807, 2.05) is 0 Å². The van der Waals surface area contributed by atoms with E-state index in [1.165, 1.54) is 29.4 Å². The zero-order valence-corrected chi connectivity index (χ0v) is 26.4. The molecule has 8 nitrogen and oxygen atoms in total. The number of hydrogen-bond donors (Lipinski definition) is 0. The lowest BCUT2D eigenvalue weighted by molar-refractivity contribution is -0.138. The summed E-state index contributed by atoms with van der Waals surface area (Å²) in [5, 5.41) is 0. The molecular formula is C33H32F5N3O5S. The third kappa shape index (κ3) is 7.33. The normalized spacial score (nSPS) is 14.8. The van der Waals surface area contributed by atoms with E-state index >= 15 is 4.39 Å². The van der Waals surface area contributed by atoms with Crippen LogP contribution in [0.2, 0.25) is 0 Å². The van der Waals surface area contributed by atoms with Crippen molar-refractivity contribution in [1.29, 1.82) is 0 Å². The number of aryl methyl sites for hydroxylation is 1. The first-order valence-electron chi connectivity index (χ1n) is 14.8. The molecule has 0 unspecified atom stereocenters. The van der Waals surface area contributed by atoms with Crippen LogP contribution in [-0.2, 0) is 35.7 Å². The van der Waals surface area contributed by atoms with Crippen molar-refractivity contribution >= 4 is 10.0 Å². The van der Waals surface area contributed by atoms with Gasteiger partial charge in [-0.05, 0) is 49.9 Å². The minimum absolute atomic E-state index is 0.162. The molecule has 0 bridgehead atoms. The van der Waals surface area contributed by atoms with E-state index in [9.17, 15) is 35.6 Å². The molecule has 0 spiro atoms. The molecule has 47 heavy (non-hydrogen) atoms. The van der Waals surface area contributed by atoms with Gasteiger partial charge in [-0.1, -0.05) is 48.5 Å². The fourth-order valence-corrected chi connectivity index (χ4v) is 6.65. The topological polar surface area (TPSA) is 90.6 Å². The highest BCUT2D eigenvalue weighted by atomic mass is 32.2. The molecule has 2 heterocycles. The lowest BCUT2D eigenvalue weighted by atomic mass is 10.0. The Morgan fingerprint density at radius 2 is 1.55 bits per heavy atom. The highest BCUT2D eigenvalue weighted by molar-refractivity contribution is 7.88. The van der Waals surface area contributed by atoms with Gasteiger partial charge in [0.1, 0.15) is 11.9 Å². The van der Waals surface area contributed by atoms with Gasteiger partial charge >= 0.3 is 11.9 Å². The van der Waals surface area contributed by atoms with Crippen LogP contribution in [0.4, 0.5) is 22.0 Å². The molecule has 1 aromatic heterocycles. The molecule has 0 atom stereocenters. The summed E-state index contributed by atoms with van der Waals surface area (Å²) in [6.45, 7) is 0.589. The molecule has 1 aliphatic heterocycles. The SMILES string of the molecule is Cc1c(-c2cccc(OC3CCN(S(C)(=O)=O)CC3)c2F)c(=O)n(CCc2ccccc2)c(=O)n1Cc1c(F)cccc1C(F)(F)F. The Balaban J connectivity index is 1.61. The monoisotopic (exact) mass is 677 g/mol. The first-order chi connectivity index (χ1) is 22.2. The molecule has 250 valence electrons. The maximum absolute atomic E-state index is 16.2. The van der Waals surface area contributed by atoms with Gasteiger partial charge in [0.2, 0.25) is 10.0 Å². The molecule has 0 radical (unpaired) electrons. The number of hydrogen-bond acceptors (Lipinski definition) is 5. The Morgan fingerprint density at radius 1 is 0.894 bits per heavy atom. The maximum atomic E-state index is 16.2. The maximum Gasteiger partial charge on any atom is 0.416 e. The van der Waals surface area contributed by atoms with Crippen LogP contribution in [0.3, 0.4) is 0 Å². The predicted molar refractivity (Wildman–Crippen MR) is 166 cm³/mol. The molecule has 0 N–H and O–H groups in total. The summed E-state index contributed by atoms with van der Waals surface area (Å²) >= 11 is 0. The van der Waals surface area contributed by atoms with Gasteiger partial charge in [-0.3, -0.25) is 13.9 Å². The molecule has 14 heteroatoms. The summed E-state index contributed by atoms with van der Waals surface area (Å²) < 4.78 is 105. The van der Waals surface area contributed by atoms with Gasteiger partial charge in [0.05, 0.1) is 23.9 Å². The van der Waals surface area contributed by atoms with E-state index in [4.69, 9.17) is 4.74 Å². The van der Waals surface area contributed by atoms with Gasteiger partial charge < -0.3 is 4.74 Å². The largest absolute Gasteiger partial charge is 0.487 e. The van der Waals surface area contributed by atoms with Gasteiger partial charge in [0.25, 0.3) is 5.56 Å². The highest BCUT2D eigenvalue weighted by Gasteiger charge is 2.35. The van der Waals surface area contributed by atoms with Crippen LogP contribution in [0.15, 0.2) is 76.3 Å². The molecule has 3 aromatic carbocycles. The van der Waals surface area contributed by atoms with E-state index in [0.717, 1.165) is 33.1 Å². The number of sulfonamides is 1. The average Bonchev–Trinajstić information content (AvgIpc) is 3.01. The number of piperidine rings is 1. The van der Waals surface area contributed by atoms with Crippen LogP contribution in [-0.4, -0.2) is 47.3 Å². The standard InChI is InChI=1S/C33H32F5N3O5S/c1-21-29(24-10-6-13-28(30(24)35)46-23-15-17-39(18-16-23)47(2,44)45)31(42)40(19-14-22-8-4-3-5-9-22)32(43)41(21)20-25-26(33(36,37)38)11-7-12-27(25)34/h3-13,23H,14-20H2,1-2H3. The summed E-state index contributed by atoms with van der Waals surface area (Å²) in [5.74, 6) is -2.36. The second kappa shape index (κ2) is 13.4. The zero-order chi connectivity index (χ0) is 34.1. The molecule has 1 fully saturated rings. The van der Waals surface area contributed by atoms with E-state index in [0.29, 0.717) is 6.07 Å². The number of aromatic nitrogens is 2. The third-order valence-corrected chi connectivity index (χ3v) is 9.59. The minimum atomic E-state index is -4.94. The Kier molecular flexibility index (Phi) is 9.73. The number of alkyl halides is 3. The van der Waals surface area contributed by atoms with Crippen LogP contribution in [0.25, 0.3) is 11.1 Å². The van der Waals surface area contributed by atoms with Crippen LogP contribution in [0, 0.1) is 18.6 Å². The van der Waals surface area contributed by atoms with Crippen molar-refractivity contribution in [1.82, 2.24) is 13.4 Å². The lowest BCUT2D eigenvalue weighted by Gasteiger charge is -2.30. The van der Waals surface area contributed by atoms with Gasteiger partial charge in [0, 0.05) is 36.5 Å². The quantitative estimate of drug-likeness (QED) is 0.222. The first kappa shape index (κ1) is 34.0. The van der Waals surface area contributed by atoms with Crippen molar-refractivity contribution in [2.24, 2.45) is 0 Å². The Bertz CT molecular complexity index is 2000. The zero-order valence-electron chi connectivity index (χ0n) is 25.6. The summed E-state index contributed by atoms with van der Waals surface area (Å²) in [5.41, 5.74) is -3.88.